The summed E-state index contributed by atoms with van der Waals surface area (Å²) in [4.78, 5) is 14.8. The first kappa shape index (κ1) is 15.5. The molecule has 1 aliphatic rings. The highest BCUT2D eigenvalue weighted by molar-refractivity contribution is 6.30. The number of hydrogen-bond acceptors (Lipinski definition) is 4. The summed E-state index contributed by atoms with van der Waals surface area (Å²) in [6, 6.07) is 0. The third-order valence-corrected chi connectivity index (χ3v) is 4.56. The Morgan fingerprint density at radius 3 is 2.50 bits per heavy atom. The van der Waals surface area contributed by atoms with Gasteiger partial charge in [-0.3, -0.25) is 14.4 Å². The molecule has 0 spiro atoms. The van der Waals surface area contributed by atoms with Gasteiger partial charge in [0.1, 0.15) is 5.15 Å². The molecule has 0 N–H and O–H groups in total. The number of morpholine rings is 1. The largest absolute Gasteiger partial charge is 0.379 e. The lowest BCUT2D eigenvalue weighted by Crippen LogP contribution is -2.54. The summed E-state index contributed by atoms with van der Waals surface area (Å²) in [5, 5.41) is 4.81. The molecule has 0 bridgehead atoms. The van der Waals surface area contributed by atoms with Crippen LogP contribution in [-0.4, -0.2) is 52.3 Å². The third kappa shape index (κ3) is 2.90. The van der Waals surface area contributed by atoms with Crippen molar-refractivity contribution >= 4 is 17.4 Å². The van der Waals surface area contributed by atoms with Gasteiger partial charge >= 0.3 is 0 Å². The van der Waals surface area contributed by atoms with Crippen molar-refractivity contribution in [2.24, 2.45) is 7.05 Å². The normalized spacial score (nSPS) is 17.4. The molecule has 0 unspecified atom stereocenters. The van der Waals surface area contributed by atoms with Crippen LogP contribution in [0.5, 0.6) is 0 Å². The quantitative estimate of drug-likeness (QED) is 0.847. The van der Waals surface area contributed by atoms with Gasteiger partial charge in [-0.2, -0.15) is 5.10 Å². The van der Waals surface area contributed by atoms with Gasteiger partial charge in [-0.25, -0.2) is 0 Å². The van der Waals surface area contributed by atoms with Gasteiger partial charge in [0.15, 0.2) is 5.78 Å². The van der Waals surface area contributed by atoms with Crippen LogP contribution in [0.2, 0.25) is 5.15 Å². The number of ether oxygens (including phenoxy) is 1. The molecule has 0 aromatic carbocycles. The molecule has 1 saturated heterocycles. The summed E-state index contributed by atoms with van der Waals surface area (Å²) in [6.45, 7) is 8.78. The second-order valence-corrected chi connectivity index (χ2v) is 6.09. The first-order valence-corrected chi connectivity index (χ1v) is 7.26. The van der Waals surface area contributed by atoms with Crippen molar-refractivity contribution in [2.45, 2.75) is 32.7 Å². The van der Waals surface area contributed by atoms with Gasteiger partial charge < -0.3 is 4.74 Å². The summed E-state index contributed by atoms with van der Waals surface area (Å²) in [5.41, 5.74) is 1.15. The zero-order chi connectivity index (χ0) is 14.9. The van der Waals surface area contributed by atoms with E-state index in [9.17, 15) is 4.79 Å². The molecule has 2 heterocycles. The van der Waals surface area contributed by atoms with Gasteiger partial charge in [0.25, 0.3) is 0 Å². The molecule has 6 heteroatoms. The minimum absolute atomic E-state index is 0.164. The van der Waals surface area contributed by atoms with Crippen molar-refractivity contribution in [2.75, 3.05) is 26.3 Å². The zero-order valence-electron chi connectivity index (χ0n) is 12.6. The lowest BCUT2D eigenvalue weighted by atomic mass is 9.91. The van der Waals surface area contributed by atoms with Gasteiger partial charge in [0.2, 0.25) is 0 Å². The number of nitrogens with zero attached hydrogens (tertiary/aromatic N) is 3. The molecule has 2 rings (SSSR count). The third-order valence-electron chi connectivity index (χ3n) is 4.09. The highest BCUT2D eigenvalue weighted by atomic mass is 35.5. The van der Waals surface area contributed by atoms with Gasteiger partial charge in [-0.05, 0) is 20.8 Å². The summed E-state index contributed by atoms with van der Waals surface area (Å²) in [6.07, 6.45) is 0.322. The van der Waals surface area contributed by atoms with Crippen molar-refractivity contribution in [3.63, 3.8) is 0 Å². The fourth-order valence-electron chi connectivity index (χ4n) is 2.55. The molecular weight excluding hydrogens is 278 g/mol. The van der Waals surface area contributed by atoms with Gasteiger partial charge in [-0.15, -0.1) is 0 Å². The molecule has 0 amide bonds. The van der Waals surface area contributed by atoms with E-state index >= 15 is 0 Å². The average Bonchev–Trinajstić information content (AvgIpc) is 2.66. The van der Waals surface area contributed by atoms with E-state index in [0.29, 0.717) is 24.8 Å². The molecule has 112 valence electrons. The average molecular weight is 300 g/mol. The van der Waals surface area contributed by atoms with Crippen LogP contribution in [0.3, 0.4) is 0 Å². The lowest BCUT2D eigenvalue weighted by Gasteiger charge is -2.39. The van der Waals surface area contributed by atoms with Crippen molar-refractivity contribution in [3.8, 4) is 0 Å². The van der Waals surface area contributed by atoms with E-state index in [2.05, 4.69) is 10.00 Å². The Kier molecular flexibility index (Phi) is 4.52. The van der Waals surface area contributed by atoms with E-state index in [1.807, 2.05) is 20.8 Å². The maximum absolute atomic E-state index is 12.7. The van der Waals surface area contributed by atoms with Crippen LogP contribution >= 0.6 is 11.6 Å². The maximum atomic E-state index is 12.7. The van der Waals surface area contributed by atoms with Gasteiger partial charge in [0.05, 0.1) is 24.4 Å². The number of aryl methyl sites for hydroxylation is 2. The van der Waals surface area contributed by atoms with Crippen molar-refractivity contribution < 1.29 is 9.53 Å². The van der Waals surface area contributed by atoms with E-state index in [-0.39, 0.29) is 5.78 Å². The number of ketones is 1. The van der Waals surface area contributed by atoms with Crippen molar-refractivity contribution in [3.05, 3.63) is 16.4 Å². The minimum Gasteiger partial charge on any atom is -0.379 e. The number of rotatable bonds is 4. The predicted molar refractivity (Wildman–Crippen MR) is 78.1 cm³/mol. The first-order valence-electron chi connectivity index (χ1n) is 6.88. The number of halogens is 1. The van der Waals surface area contributed by atoms with Crippen LogP contribution in [0, 0.1) is 6.92 Å². The number of aromatic nitrogens is 2. The van der Waals surface area contributed by atoms with E-state index < -0.39 is 5.54 Å². The topological polar surface area (TPSA) is 47.4 Å². The van der Waals surface area contributed by atoms with Crippen LogP contribution in [0.25, 0.3) is 0 Å². The second-order valence-electron chi connectivity index (χ2n) is 5.74. The molecule has 0 radical (unpaired) electrons. The second kappa shape index (κ2) is 5.84. The summed E-state index contributed by atoms with van der Waals surface area (Å²) < 4.78 is 6.96. The number of carbonyl (C=O) groups excluding carboxylic acids is 1. The summed E-state index contributed by atoms with van der Waals surface area (Å²) >= 11 is 6.21. The highest BCUT2D eigenvalue weighted by Gasteiger charge is 2.35. The van der Waals surface area contributed by atoms with E-state index in [0.717, 1.165) is 24.3 Å². The molecule has 1 aromatic heterocycles. The smallest absolute Gasteiger partial charge is 0.157 e. The molecule has 20 heavy (non-hydrogen) atoms. The molecule has 1 aromatic rings. The van der Waals surface area contributed by atoms with Crippen LogP contribution < -0.4 is 0 Å². The monoisotopic (exact) mass is 299 g/mol. The summed E-state index contributed by atoms with van der Waals surface area (Å²) in [7, 11) is 1.79. The van der Waals surface area contributed by atoms with Crippen LogP contribution in [-0.2, 0) is 23.0 Å². The lowest BCUT2D eigenvalue weighted by molar-refractivity contribution is -0.131. The number of Topliss-reactive ketones (excluding diaryl/α,β-unsaturated/α-hetero) is 1. The number of carbonyl (C=O) groups is 1. The Morgan fingerprint density at radius 2 is 2.00 bits per heavy atom. The fraction of sp³-hybridized carbons (Fsp3) is 0.714. The highest BCUT2D eigenvalue weighted by Crippen LogP contribution is 2.24. The van der Waals surface area contributed by atoms with E-state index in [4.69, 9.17) is 16.3 Å². The molecule has 5 nitrogen and oxygen atoms in total. The van der Waals surface area contributed by atoms with Gasteiger partial charge in [0, 0.05) is 32.1 Å². The Bertz CT molecular complexity index is 505. The Balaban J connectivity index is 2.14. The predicted octanol–water partition coefficient (Wildman–Crippen LogP) is 1.60. The Labute approximate surface area is 124 Å². The molecular formula is C14H22ClN3O2. The Hall–Kier alpha value is -0.910. The molecule has 0 saturated carbocycles. The van der Waals surface area contributed by atoms with Crippen molar-refractivity contribution in [1.82, 2.24) is 14.7 Å². The SMILES string of the molecule is Cc1nn(C)c(Cl)c1CC(=O)C(C)(C)N1CCOCC1. The van der Waals surface area contributed by atoms with E-state index in [1.54, 1.807) is 11.7 Å². The van der Waals surface area contributed by atoms with Crippen LogP contribution in [0.15, 0.2) is 0 Å². The molecule has 1 fully saturated rings. The van der Waals surface area contributed by atoms with E-state index in [1.165, 1.54) is 0 Å². The van der Waals surface area contributed by atoms with Crippen LogP contribution in [0.4, 0.5) is 0 Å². The molecule has 0 aliphatic carbocycles. The maximum Gasteiger partial charge on any atom is 0.157 e. The molecule has 0 atom stereocenters. The first-order chi connectivity index (χ1) is 9.34. The van der Waals surface area contributed by atoms with Gasteiger partial charge in [-0.1, -0.05) is 11.6 Å². The molecule has 1 aliphatic heterocycles. The zero-order valence-corrected chi connectivity index (χ0v) is 13.3. The Morgan fingerprint density at radius 1 is 1.40 bits per heavy atom. The fourth-order valence-corrected chi connectivity index (χ4v) is 2.79. The number of hydrogen-bond donors (Lipinski definition) is 0. The standard InChI is InChI=1S/C14H22ClN3O2/c1-10-11(13(15)17(4)16-10)9-12(19)14(2,3)18-5-7-20-8-6-18/h5-9H2,1-4H3. The minimum atomic E-state index is -0.505. The summed E-state index contributed by atoms with van der Waals surface area (Å²) in [5.74, 6) is 0.164. The van der Waals surface area contributed by atoms with Crippen LogP contribution in [0.1, 0.15) is 25.1 Å². The van der Waals surface area contributed by atoms with Crippen molar-refractivity contribution in [1.29, 1.82) is 0 Å².